The minimum atomic E-state index is -3.63. The van der Waals surface area contributed by atoms with Crippen molar-refractivity contribution in [3.05, 3.63) is 51.2 Å². The van der Waals surface area contributed by atoms with Crippen molar-refractivity contribution in [3.63, 3.8) is 0 Å². The van der Waals surface area contributed by atoms with Crippen molar-refractivity contribution in [2.75, 3.05) is 14.1 Å². The van der Waals surface area contributed by atoms with Crippen LogP contribution in [0, 0.1) is 5.92 Å². The Morgan fingerprint density at radius 2 is 2.04 bits per heavy atom. The first kappa shape index (κ1) is 18.4. The highest BCUT2D eigenvalue weighted by molar-refractivity contribution is 7.89. The Balaban J connectivity index is 1.89. The molecule has 0 radical (unpaired) electrons. The van der Waals surface area contributed by atoms with E-state index < -0.39 is 10.0 Å². The smallest absolute Gasteiger partial charge is 0.253 e. The third kappa shape index (κ3) is 3.89. The highest BCUT2D eigenvalue weighted by atomic mass is 35.5. The summed E-state index contributed by atoms with van der Waals surface area (Å²) in [6.07, 6.45) is 2.15. The van der Waals surface area contributed by atoms with Crippen LogP contribution >= 0.6 is 22.9 Å². The van der Waals surface area contributed by atoms with Crippen molar-refractivity contribution in [3.8, 4) is 0 Å². The Morgan fingerprint density at radius 1 is 1.32 bits per heavy atom. The van der Waals surface area contributed by atoms with Gasteiger partial charge in [-0.2, -0.15) is 0 Å². The number of halogens is 1. The van der Waals surface area contributed by atoms with E-state index in [2.05, 4.69) is 5.32 Å². The Hall–Kier alpha value is -1.41. The number of nitrogens with one attached hydrogen (secondary N) is 1. The van der Waals surface area contributed by atoms with E-state index in [9.17, 15) is 13.2 Å². The highest BCUT2D eigenvalue weighted by Gasteiger charge is 2.34. The molecule has 134 valence electrons. The minimum absolute atomic E-state index is 0.0474. The van der Waals surface area contributed by atoms with Gasteiger partial charge in [0, 0.05) is 19.0 Å². The first-order chi connectivity index (χ1) is 11.8. The summed E-state index contributed by atoms with van der Waals surface area (Å²) in [6.45, 7) is 0. The molecule has 1 aliphatic rings. The second-order valence-corrected chi connectivity index (χ2v) is 9.77. The van der Waals surface area contributed by atoms with E-state index >= 15 is 0 Å². The molecule has 0 aliphatic heterocycles. The van der Waals surface area contributed by atoms with Gasteiger partial charge in [-0.25, -0.2) is 12.7 Å². The molecule has 1 atom stereocenters. The van der Waals surface area contributed by atoms with Crippen molar-refractivity contribution in [1.82, 2.24) is 9.62 Å². The van der Waals surface area contributed by atoms with E-state index in [1.54, 1.807) is 11.3 Å². The summed E-state index contributed by atoms with van der Waals surface area (Å²) in [4.78, 5) is 13.9. The molecule has 0 saturated heterocycles. The number of carbonyl (C=O) groups excluding carboxylic acids is 1. The lowest BCUT2D eigenvalue weighted by molar-refractivity contribution is 0.0932. The fourth-order valence-electron chi connectivity index (χ4n) is 2.59. The number of hydrogen-bond acceptors (Lipinski definition) is 4. The lowest BCUT2D eigenvalue weighted by atomic mass is 10.1. The minimum Gasteiger partial charge on any atom is -0.344 e. The summed E-state index contributed by atoms with van der Waals surface area (Å²) in [6, 6.07) is 8.10. The monoisotopic (exact) mass is 398 g/mol. The van der Waals surface area contributed by atoms with Gasteiger partial charge in [-0.15, -0.1) is 11.3 Å². The number of hydrogen-bond donors (Lipinski definition) is 1. The Morgan fingerprint density at radius 3 is 2.60 bits per heavy atom. The molecular formula is C17H19ClN2O3S2. The second kappa shape index (κ2) is 7.07. The molecule has 1 aromatic carbocycles. The fraction of sp³-hybridized carbons (Fsp3) is 0.353. The quantitative estimate of drug-likeness (QED) is 0.809. The van der Waals surface area contributed by atoms with Gasteiger partial charge < -0.3 is 5.32 Å². The van der Waals surface area contributed by atoms with Gasteiger partial charge in [-0.3, -0.25) is 4.79 Å². The average Bonchev–Trinajstić information content (AvgIpc) is 3.26. The van der Waals surface area contributed by atoms with Crippen LogP contribution in [0.1, 0.15) is 34.1 Å². The Labute approximate surface area is 156 Å². The lowest BCUT2D eigenvalue weighted by Gasteiger charge is -2.18. The van der Waals surface area contributed by atoms with Crippen LogP contribution in [0.2, 0.25) is 5.02 Å². The van der Waals surface area contributed by atoms with Gasteiger partial charge in [0.2, 0.25) is 10.0 Å². The maximum atomic E-state index is 12.8. The largest absolute Gasteiger partial charge is 0.344 e. The molecule has 1 heterocycles. The van der Waals surface area contributed by atoms with Crippen LogP contribution in [-0.4, -0.2) is 32.7 Å². The van der Waals surface area contributed by atoms with Crippen LogP contribution in [0.15, 0.2) is 40.6 Å². The fourth-order valence-corrected chi connectivity index (χ4v) is 4.59. The van der Waals surface area contributed by atoms with E-state index in [1.165, 1.54) is 32.3 Å². The maximum Gasteiger partial charge on any atom is 0.253 e. The molecule has 5 nitrogen and oxygen atoms in total. The SMILES string of the molecule is CN(C)S(=O)(=O)c1ccc(Cl)c(C(=O)N[C@H](c2cccs2)C2CC2)c1. The predicted molar refractivity (Wildman–Crippen MR) is 99.6 cm³/mol. The molecule has 3 rings (SSSR count). The van der Waals surface area contributed by atoms with Crippen LogP contribution in [0.5, 0.6) is 0 Å². The van der Waals surface area contributed by atoms with Gasteiger partial charge in [0.05, 0.1) is 21.5 Å². The highest BCUT2D eigenvalue weighted by Crippen LogP contribution is 2.42. The topological polar surface area (TPSA) is 66.5 Å². The Bertz CT molecular complexity index is 875. The lowest BCUT2D eigenvalue weighted by Crippen LogP contribution is -2.30. The van der Waals surface area contributed by atoms with Crippen molar-refractivity contribution in [2.24, 2.45) is 5.92 Å². The van der Waals surface area contributed by atoms with Crippen molar-refractivity contribution < 1.29 is 13.2 Å². The van der Waals surface area contributed by atoms with Crippen LogP contribution in [0.3, 0.4) is 0 Å². The summed E-state index contributed by atoms with van der Waals surface area (Å²) in [5.74, 6) is 0.0705. The standard InChI is InChI=1S/C17H19ClN2O3S2/c1-20(2)25(22,23)12-7-8-14(18)13(10-12)17(21)19-16(11-5-6-11)15-4-3-9-24-15/h3-4,7-11,16H,5-6H2,1-2H3,(H,19,21)/t16-/m0/s1. The first-order valence-electron chi connectivity index (χ1n) is 7.87. The third-order valence-corrected chi connectivity index (χ3v) is 7.29. The first-order valence-corrected chi connectivity index (χ1v) is 10.6. The van der Waals surface area contributed by atoms with Gasteiger partial charge in [0.25, 0.3) is 5.91 Å². The number of amides is 1. The van der Waals surface area contributed by atoms with Crippen molar-refractivity contribution >= 4 is 38.9 Å². The predicted octanol–water partition coefficient (Wildman–Crippen LogP) is 3.53. The van der Waals surface area contributed by atoms with Gasteiger partial charge in [-0.05, 0) is 48.4 Å². The summed E-state index contributed by atoms with van der Waals surface area (Å²) in [7, 11) is -0.733. The van der Waals surface area contributed by atoms with Gasteiger partial charge in [0.15, 0.2) is 0 Å². The zero-order valence-corrected chi connectivity index (χ0v) is 16.3. The summed E-state index contributed by atoms with van der Waals surface area (Å²) in [5, 5.41) is 5.24. The molecule has 1 aliphatic carbocycles. The molecule has 2 aromatic rings. The molecule has 1 aromatic heterocycles. The van der Waals surface area contributed by atoms with E-state index in [1.807, 2.05) is 17.5 Å². The molecular weight excluding hydrogens is 380 g/mol. The maximum absolute atomic E-state index is 12.8. The third-order valence-electron chi connectivity index (χ3n) is 4.19. The second-order valence-electron chi connectivity index (χ2n) is 6.23. The molecule has 0 bridgehead atoms. The van der Waals surface area contributed by atoms with Crippen molar-refractivity contribution in [2.45, 2.75) is 23.8 Å². The zero-order valence-electron chi connectivity index (χ0n) is 13.9. The molecule has 1 amide bonds. The summed E-state index contributed by atoms with van der Waals surface area (Å²) >= 11 is 7.76. The molecule has 0 spiro atoms. The molecule has 25 heavy (non-hydrogen) atoms. The van der Waals surface area contributed by atoms with Gasteiger partial charge >= 0.3 is 0 Å². The summed E-state index contributed by atoms with van der Waals surface area (Å²) in [5.41, 5.74) is 0.173. The van der Waals surface area contributed by atoms with E-state index in [-0.39, 0.29) is 27.4 Å². The number of rotatable bonds is 6. The number of carbonyl (C=O) groups is 1. The number of benzene rings is 1. The molecule has 1 fully saturated rings. The number of sulfonamides is 1. The van der Waals surface area contributed by atoms with Crippen molar-refractivity contribution in [1.29, 1.82) is 0 Å². The summed E-state index contributed by atoms with van der Waals surface area (Å²) < 4.78 is 25.7. The van der Waals surface area contributed by atoms with Gasteiger partial charge in [-0.1, -0.05) is 17.7 Å². The normalized spacial score (nSPS) is 16.0. The van der Waals surface area contributed by atoms with Crippen LogP contribution in [0.4, 0.5) is 0 Å². The molecule has 1 N–H and O–H groups in total. The molecule has 0 unspecified atom stereocenters. The van der Waals surface area contributed by atoms with Crippen LogP contribution < -0.4 is 5.32 Å². The molecule has 1 saturated carbocycles. The van der Waals surface area contributed by atoms with Crippen LogP contribution in [0.25, 0.3) is 0 Å². The number of thiophene rings is 1. The van der Waals surface area contributed by atoms with E-state index in [4.69, 9.17) is 11.6 Å². The number of nitrogens with zero attached hydrogens (tertiary/aromatic N) is 1. The zero-order chi connectivity index (χ0) is 18.2. The average molecular weight is 399 g/mol. The van der Waals surface area contributed by atoms with Crippen LogP contribution in [-0.2, 0) is 10.0 Å². The molecule has 8 heteroatoms. The van der Waals surface area contributed by atoms with E-state index in [0.717, 1.165) is 22.0 Å². The Kier molecular flexibility index (Phi) is 5.20. The van der Waals surface area contributed by atoms with Gasteiger partial charge in [0.1, 0.15) is 0 Å². The van der Waals surface area contributed by atoms with E-state index in [0.29, 0.717) is 5.92 Å².